The van der Waals surface area contributed by atoms with Crippen LogP contribution >= 0.6 is 0 Å². The van der Waals surface area contributed by atoms with Crippen LogP contribution < -0.4 is 5.73 Å². The van der Waals surface area contributed by atoms with Crippen LogP contribution in [0.1, 0.15) is 64.7 Å². The van der Waals surface area contributed by atoms with Crippen molar-refractivity contribution in [1.29, 1.82) is 0 Å². The van der Waals surface area contributed by atoms with Crippen molar-refractivity contribution in [3.63, 3.8) is 0 Å². The number of hydrogen-bond donors (Lipinski definition) is 1. The topological polar surface area (TPSA) is 26.0 Å². The Morgan fingerprint density at radius 1 is 1.11 bits per heavy atom. The van der Waals surface area contributed by atoms with Crippen LogP contribution in [0.5, 0.6) is 0 Å². The van der Waals surface area contributed by atoms with Gasteiger partial charge >= 0.3 is 0 Å². The van der Waals surface area contributed by atoms with Gasteiger partial charge in [0, 0.05) is 5.54 Å². The van der Waals surface area contributed by atoms with E-state index in [9.17, 15) is 0 Å². The zero-order valence-electron chi connectivity index (χ0n) is 12.4. The second-order valence-electron chi connectivity index (χ2n) is 8.22. The van der Waals surface area contributed by atoms with Crippen molar-refractivity contribution in [2.24, 2.45) is 35.3 Å². The normalized spacial score (nSPS) is 52.9. The zero-order chi connectivity index (χ0) is 13.0. The summed E-state index contributed by atoms with van der Waals surface area (Å²) in [5.74, 6) is 4.71. The fourth-order valence-corrected chi connectivity index (χ4v) is 5.86. The molecule has 3 fully saturated rings. The molecule has 0 aromatic carbocycles. The molecule has 0 aliphatic heterocycles. The van der Waals surface area contributed by atoms with Crippen molar-refractivity contribution in [2.75, 3.05) is 0 Å². The third-order valence-electron chi connectivity index (χ3n) is 7.05. The van der Waals surface area contributed by atoms with Gasteiger partial charge in [0.15, 0.2) is 0 Å². The van der Waals surface area contributed by atoms with Crippen LogP contribution in [-0.2, 0) is 0 Å². The van der Waals surface area contributed by atoms with Gasteiger partial charge in [-0.15, -0.1) is 0 Å². The van der Waals surface area contributed by atoms with Crippen molar-refractivity contribution in [1.82, 2.24) is 0 Å². The van der Waals surface area contributed by atoms with E-state index in [2.05, 4.69) is 13.0 Å². The average molecular weight is 259 g/mol. The van der Waals surface area contributed by atoms with Gasteiger partial charge in [0.2, 0.25) is 0 Å². The molecule has 0 amide bonds. The largest absolute Gasteiger partial charge is 0.321 e. The van der Waals surface area contributed by atoms with Gasteiger partial charge in [-0.05, 0) is 81.0 Å². The maximum absolute atomic E-state index is 7.05. The van der Waals surface area contributed by atoms with Crippen molar-refractivity contribution >= 4 is 0 Å². The highest BCUT2D eigenvalue weighted by atomic mass is 14.8. The first-order valence-electron chi connectivity index (χ1n) is 8.63. The third kappa shape index (κ3) is 1.92. The van der Waals surface area contributed by atoms with Crippen molar-refractivity contribution in [2.45, 2.75) is 70.3 Å². The first-order valence-corrected chi connectivity index (χ1v) is 8.63. The van der Waals surface area contributed by atoms with Crippen molar-refractivity contribution < 1.29 is 0 Å². The molecule has 6 unspecified atom stereocenters. The highest BCUT2D eigenvalue weighted by molar-refractivity contribution is 5.26. The summed E-state index contributed by atoms with van der Waals surface area (Å²) in [5.41, 5.74) is 8.80. The predicted molar refractivity (Wildman–Crippen MR) is 79.7 cm³/mol. The molecule has 4 aliphatic carbocycles. The van der Waals surface area contributed by atoms with E-state index in [1.165, 1.54) is 57.8 Å². The molecule has 0 spiro atoms. The Morgan fingerprint density at radius 3 is 2.79 bits per heavy atom. The first kappa shape index (κ1) is 12.4. The van der Waals surface area contributed by atoms with Gasteiger partial charge in [-0.1, -0.05) is 25.0 Å². The van der Waals surface area contributed by atoms with Crippen molar-refractivity contribution in [3.8, 4) is 0 Å². The highest BCUT2D eigenvalue weighted by Gasteiger charge is 2.52. The predicted octanol–water partition coefficient (Wildman–Crippen LogP) is 4.28. The molecule has 106 valence electrons. The molecule has 0 saturated heterocycles. The molecule has 0 radical (unpaired) electrons. The Bertz CT molecular complexity index is 396. The zero-order valence-corrected chi connectivity index (χ0v) is 12.4. The van der Waals surface area contributed by atoms with Gasteiger partial charge in [0.05, 0.1) is 0 Å². The fourth-order valence-electron chi connectivity index (χ4n) is 5.86. The first-order chi connectivity index (χ1) is 9.15. The standard InChI is InChI=1S/C18H29N/c1-12-2-6-16(7-3-12)18(19)11-14-5-4-13-8-15(14)10-17(18)9-13/h6,12-15,17H,2-5,7-11,19H2,1H3. The number of rotatable bonds is 1. The Morgan fingerprint density at radius 2 is 2.00 bits per heavy atom. The van der Waals surface area contributed by atoms with Crippen LogP contribution in [0.4, 0.5) is 0 Å². The molecule has 0 heterocycles. The Balaban J connectivity index is 1.63. The summed E-state index contributed by atoms with van der Waals surface area (Å²) in [5, 5.41) is 0. The molecular weight excluding hydrogens is 230 g/mol. The van der Waals surface area contributed by atoms with Gasteiger partial charge in [-0.3, -0.25) is 0 Å². The third-order valence-corrected chi connectivity index (χ3v) is 7.05. The van der Waals surface area contributed by atoms with Gasteiger partial charge in [-0.2, -0.15) is 0 Å². The quantitative estimate of drug-likeness (QED) is 0.699. The summed E-state index contributed by atoms with van der Waals surface area (Å²) in [4.78, 5) is 0. The molecule has 6 atom stereocenters. The van der Waals surface area contributed by atoms with E-state index in [-0.39, 0.29) is 5.54 Å². The summed E-state index contributed by atoms with van der Waals surface area (Å²) in [6.07, 6.45) is 15.2. The number of fused-ring (bicyclic) bond motifs is 2. The van der Waals surface area contributed by atoms with E-state index in [0.29, 0.717) is 0 Å². The van der Waals surface area contributed by atoms with E-state index in [1.807, 2.05) is 0 Å². The number of hydrogen-bond acceptors (Lipinski definition) is 1. The average Bonchev–Trinajstić information content (AvgIpc) is 2.41. The van der Waals surface area contributed by atoms with Crippen LogP contribution in [0.15, 0.2) is 11.6 Å². The Labute approximate surface area is 118 Å². The minimum absolute atomic E-state index is 0.0976. The van der Waals surface area contributed by atoms with Crippen LogP contribution in [0.3, 0.4) is 0 Å². The van der Waals surface area contributed by atoms with E-state index < -0.39 is 0 Å². The smallest absolute Gasteiger partial charge is 0.0400 e. The summed E-state index contributed by atoms with van der Waals surface area (Å²) < 4.78 is 0. The SMILES string of the molecule is CC1CC=C(C2(N)CC3CCC4CC3CC2C4)CC1. The minimum atomic E-state index is 0.0976. The van der Waals surface area contributed by atoms with E-state index in [1.54, 1.807) is 5.57 Å². The number of allylic oxidation sites excluding steroid dienone is 1. The molecule has 1 heteroatoms. The lowest BCUT2D eigenvalue weighted by Crippen LogP contribution is -2.58. The molecule has 2 N–H and O–H groups in total. The summed E-state index contributed by atoms with van der Waals surface area (Å²) in [7, 11) is 0. The molecule has 0 aromatic rings. The van der Waals surface area contributed by atoms with E-state index >= 15 is 0 Å². The molecule has 1 nitrogen and oxygen atoms in total. The van der Waals surface area contributed by atoms with Crippen LogP contribution in [0, 0.1) is 29.6 Å². The van der Waals surface area contributed by atoms with E-state index in [0.717, 1.165) is 29.6 Å². The Kier molecular flexibility index (Phi) is 2.85. The second-order valence-corrected chi connectivity index (χ2v) is 8.22. The molecule has 3 saturated carbocycles. The summed E-state index contributed by atoms with van der Waals surface area (Å²) in [6.45, 7) is 2.38. The van der Waals surface area contributed by atoms with Crippen LogP contribution in [-0.4, -0.2) is 5.54 Å². The molecule has 3 bridgehead atoms. The summed E-state index contributed by atoms with van der Waals surface area (Å²) in [6, 6.07) is 0. The van der Waals surface area contributed by atoms with Crippen molar-refractivity contribution in [3.05, 3.63) is 11.6 Å². The molecule has 4 aliphatic rings. The molecule has 0 aromatic heterocycles. The van der Waals surface area contributed by atoms with Crippen LogP contribution in [0.25, 0.3) is 0 Å². The van der Waals surface area contributed by atoms with Gasteiger partial charge in [0.1, 0.15) is 0 Å². The van der Waals surface area contributed by atoms with Gasteiger partial charge in [0.25, 0.3) is 0 Å². The lowest BCUT2D eigenvalue weighted by Gasteiger charge is -2.57. The monoisotopic (exact) mass is 259 g/mol. The minimum Gasteiger partial charge on any atom is -0.321 e. The molecular formula is C18H29N. The lowest BCUT2D eigenvalue weighted by molar-refractivity contribution is -0.0110. The fraction of sp³-hybridized carbons (Fsp3) is 0.889. The molecule has 19 heavy (non-hydrogen) atoms. The van der Waals surface area contributed by atoms with Gasteiger partial charge < -0.3 is 5.73 Å². The van der Waals surface area contributed by atoms with E-state index in [4.69, 9.17) is 5.73 Å². The molecule has 4 rings (SSSR count). The number of nitrogens with two attached hydrogens (primary N) is 1. The summed E-state index contributed by atoms with van der Waals surface area (Å²) >= 11 is 0. The second kappa shape index (κ2) is 4.35. The maximum atomic E-state index is 7.05. The Hall–Kier alpha value is -0.300. The lowest BCUT2D eigenvalue weighted by atomic mass is 9.50. The highest BCUT2D eigenvalue weighted by Crippen LogP contribution is 2.57. The van der Waals surface area contributed by atoms with Crippen LogP contribution in [0.2, 0.25) is 0 Å². The van der Waals surface area contributed by atoms with Gasteiger partial charge in [-0.25, -0.2) is 0 Å². The maximum Gasteiger partial charge on any atom is 0.0400 e.